The van der Waals surface area contributed by atoms with Crippen LogP contribution in [0.5, 0.6) is 5.88 Å². The number of nitrogens with zero attached hydrogens (tertiary/aromatic N) is 2. The quantitative estimate of drug-likeness (QED) is 0.786. The van der Waals surface area contributed by atoms with Crippen LogP contribution < -0.4 is 4.74 Å². The van der Waals surface area contributed by atoms with Crippen molar-refractivity contribution in [2.24, 2.45) is 0 Å². The number of halogens is 4. The lowest BCUT2D eigenvalue weighted by atomic mass is 10.1. The number of hydrogen-bond donors (Lipinski definition) is 0. The van der Waals surface area contributed by atoms with Crippen molar-refractivity contribution >= 4 is 5.91 Å². The summed E-state index contributed by atoms with van der Waals surface area (Å²) in [6.07, 6.45) is -3.32. The monoisotopic (exact) mass is 292 g/mol. The van der Waals surface area contributed by atoms with Crippen molar-refractivity contribution < 1.29 is 27.1 Å². The Bertz CT molecular complexity index is 519. The first-order chi connectivity index (χ1) is 9.34. The Morgan fingerprint density at radius 1 is 1.50 bits per heavy atom. The van der Waals surface area contributed by atoms with Gasteiger partial charge in [-0.2, -0.15) is 13.2 Å². The third-order valence-electron chi connectivity index (χ3n) is 3.15. The Morgan fingerprint density at radius 2 is 2.20 bits per heavy atom. The van der Waals surface area contributed by atoms with Crippen molar-refractivity contribution in [2.75, 3.05) is 13.7 Å². The number of carbonyl (C=O) groups excluding carboxylic acids is 1. The van der Waals surface area contributed by atoms with Crippen molar-refractivity contribution in [3.8, 4) is 5.88 Å². The topological polar surface area (TPSA) is 42.4 Å². The maximum atomic E-state index is 13.3. The molecule has 0 aliphatic carbocycles. The molecule has 1 aromatic heterocycles. The molecule has 110 valence electrons. The summed E-state index contributed by atoms with van der Waals surface area (Å²) in [6, 6.07) is 0.181. The predicted molar refractivity (Wildman–Crippen MR) is 60.5 cm³/mol. The first kappa shape index (κ1) is 14.5. The van der Waals surface area contributed by atoms with Gasteiger partial charge >= 0.3 is 12.1 Å². The van der Waals surface area contributed by atoms with E-state index in [1.165, 1.54) is 7.11 Å². The van der Waals surface area contributed by atoms with Gasteiger partial charge in [0.1, 0.15) is 5.82 Å². The number of hydrogen-bond acceptors (Lipinski definition) is 3. The van der Waals surface area contributed by atoms with Crippen LogP contribution in [0.1, 0.15) is 24.4 Å². The highest BCUT2D eigenvalue weighted by Crippen LogP contribution is 2.38. The normalized spacial score (nSPS) is 19.2. The van der Waals surface area contributed by atoms with Crippen LogP contribution in [0.25, 0.3) is 0 Å². The zero-order chi connectivity index (χ0) is 14.9. The fourth-order valence-electron chi connectivity index (χ4n) is 2.35. The highest BCUT2D eigenvalue weighted by Gasteiger charge is 2.46. The molecule has 1 saturated heterocycles. The molecule has 1 amide bonds. The van der Waals surface area contributed by atoms with E-state index in [9.17, 15) is 22.4 Å². The zero-order valence-corrected chi connectivity index (χ0v) is 10.6. The minimum atomic E-state index is -4.95. The number of ether oxygens (including phenoxy) is 1. The molecule has 20 heavy (non-hydrogen) atoms. The molecular formula is C12H12F4N2O2. The molecule has 1 atom stereocenters. The van der Waals surface area contributed by atoms with E-state index >= 15 is 0 Å². The lowest BCUT2D eigenvalue weighted by molar-refractivity contribution is -0.186. The Morgan fingerprint density at radius 3 is 2.80 bits per heavy atom. The molecule has 1 unspecified atom stereocenters. The van der Waals surface area contributed by atoms with Crippen LogP contribution in [0.2, 0.25) is 0 Å². The Hall–Kier alpha value is -1.86. The molecular weight excluding hydrogens is 280 g/mol. The Balaban J connectivity index is 2.36. The first-order valence-electron chi connectivity index (χ1n) is 5.92. The van der Waals surface area contributed by atoms with Crippen molar-refractivity contribution in [3.63, 3.8) is 0 Å². The first-order valence-corrected chi connectivity index (χ1v) is 5.92. The highest BCUT2D eigenvalue weighted by molar-refractivity contribution is 5.82. The maximum absolute atomic E-state index is 13.3. The number of pyridine rings is 1. The smallest absolute Gasteiger partial charge is 0.471 e. The maximum Gasteiger partial charge on any atom is 0.471 e. The van der Waals surface area contributed by atoms with Gasteiger partial charge in [-0.3, -0.25) is 4.79 Å². The van der Waals surface area contributed by atoms with Crippen LogP contribution in [0.3, 0.4) is 0 Å². The molecule has 8 heteroatoms. The van der Waals surface area contributed by atoms with Gasteiger partial charge in [-0.25, -0.2) is 9.37 Å². The third-order valence-corrected chi connectivity index (χ3v) is 3.15. The van der Waals surface area contributed by atoms with Gasteiger partial charge in [0.25, 0.3) is 0 Å². The van der Waals surface area contributed by atoms with Gasteiger partial charge in [0.15, 0.2) is 0 Å². The summed E-state index contributed by atoms with van der Waals surface area (Å²) >= 11 is 0. The fraction of sp³-hybridized carbons (Fsp3) is 0.500. The Labute approximate surface area is 112 Å². The van der Waals surface area contributed by atoms with Gasteiger partial charge in [0, 0.05) is 12.1 Å². The molecule has 1 aliphatic rings. The number of rotatable bonds is 2. The number of aromatic nitrogens is 1. The molecule has 0 radical (unpaired) electrons. The van der Waals surface area contributed by atoms with E-state index in [4.69, 9.17) is 4.74 Å². The third kappa shape index (κ3) is 2.68. The lowest BCUT2D eigenvalue weighted by Gasteiger charge is -2.26. The van der Waals surface area contributed by atoms with E-state index in [0.29, 0.717) is 17.7 Å². The number of alkyl halides is 3. The predicted octanol–water partition coefficient (Wildman–Crippen LogP) is 2.46. The van der Waals surface area contributed by atoms with Crippen molar-refractivity contribution in [2.45, 2.75) is 25.1 Å². The number of carbonyl (C=O) groups is 1. The second kappa shape index (κ2) is 5.26. The minimum Gasteiger partial charge on any atom is -0.481 e. The second-order valence-electron chi connectivity index (χ2n) is 4.41. The van der Waals surface area contributed by atoms with Gasteiger partial charge in [0.05, 0.1) is 19.3 Å². The standard InChI is InChI=1S/C12H12F4N2O2/c1-20-10-8(5-7(13)6-17-10)9-3-2-4-18(9)11(19)12(14,15)16/h5-6,9H,2-4H2,1H3. The largest absolute Gasteiger partial charge is 0.481 e. The molecule has 0 saturated carbocycles. The average Bonchev–Trinajstić information content (AvgIpc) is 2.85. The number of methoxy groups -OCH3 is 1. The van der Waals surface area contributed by atoms with Crippen LogP contribution in [-0.2, 0) is 4.79 Å². The van der Waals surface area contributed by atoms with Crippen molar-refractivity contribution in [3.05, 3.63) is 23.6 Å². The molecule has 0 aromatic carbocycles. The molecule has 1 aromatic rings. The van der Waals surface area contributed by atoms with E-state index in [1.807, 2.05) is 0 Å². The molecule has 0 N–H and O–H groups in total. The van der Waals surface area contributed by atoms with Crippen LogP contribution >= 0.6 is 0 Å². The number of amides is 1. The van der Waals surface area contributed by atoms with Gasteiger partial charge in [-0.05, 0) is 18.9 Å². The molecule has 1 aliphatic heterocycles. The van der Waals surface area contributed by atoms with Gasteiger partial charge in [-0.1, -0.05) is 0 Å². The minimum absolute atomic E-state index is 0.0251. The molecule has 0 spiro atoms. The van der Waals surface area contributed by atoms with Gasteiger partial charge < -0.3 is 9.64 Å². The highest BCUT2D eigenvalue weighted by atomic mass is 19.4. The molecule has 0 bridgehead atoms. The van der Waals surface area contributed by atoms with E-state index in [-0.39, 0.29) is 18.0 Å². The Kier molecular flexibility index (Phi) is 3.82. The molecule has 1 fully saturated rings. The fourth-order valence-corrected chi connectivity index (χ4v) is 2.35. The SMILES string of the molecule is COc1ncc(F)cc1C1CCCN1C(=O)C(F)(F)F. The summed E-state index contributed by atoms with van der Waals surface area (Å²) in [5, 5.41) is 0. The lowest BCUT2D eigenvalue weighted by Crippen LogP contribution is -2.40. The summed E-state index contributed by atoms with van der Waals surface area (Å²) in [6.45, 7) is -0.0251. The molecule has 2 heterocycles. The summed E-state index contributed by atoms with van der Waals surface area (Å²) in [5.74, 6) is -2.59. The van der Waals surface area contributed by atoms with Gasteiger partial charge in [0.2, 0.25) is 5.88 Å². The van der Waals surface area contributed by atoms with Crippen LogP contribution in [0.15, 0.2) is 12.3 Å². The van der Waals surface area contributed by atoms with E-state index < -0.39 is 23.9 Å². The van der Waals surface area contributed by atoms with Crippen LogP contribution in [-0.4, -0.2) is 35.6 Å². The van der Waals surface area contributed by atoms with Crippen LogP contribution in [0, 0.1) is 5.82 Å². The van der Waals surface area contributed by atoms with E-state index in [0.717, 1.165) is 12.3 Å². The van der Waals surface area contributed by atoms with Gasteiger partial charge in [-0.15, -0.1) is 0 Å². The molecule has 2 rings (SSSR count). The molecule has 4 nitrogen and oxygen atoms in total. The van der Waals surface area contributed by atoms with Crippen LogP contribution in [0.4, 0.5) is 17.6 Å². The summed E-state index contributed by atoms with van der Waals surface area (Å²) in [4.78, 5) is 15.8. The number of likely N-dealkylation sites (tertiary alicyclic amines) is 1. The summed E-state index contributed by atoms with van der Waals surface area (Å²) < 4.78 is 55.8. The summed E-state index contributed by atoms with van der Waals surface area (Å²) in [7, 11) is 1.29. The second-order valence-corrected chi connectivity index (χ2v) is 4.41. The zero-order valence-electron chi connectivity index (χ0n) is 10.6. The summed E-state index contributed by atoms with van der Waals surface area (Å²) in [5.41, 5.74) is 0.155. The van der Waals surface area contributed by atoms with E-state index in [2.05, 4.69) is 4.98 Å². The van der Waals surface area contributed by atoms with Crippen molar-refractivity contribution in [1.82, 2.24) is 9.88 Å². The van der Waals surface area contributed by atoms with Crippen molar-refractivity contribution in [1.29, 1.82) is 0 Å². The van der Waals surface area contributed by atoms with E-state index in [1.54, 1.807) is 0 Å². The average molecular weight is 292 g/mol.